The number of rotatable bonds is 5. The normalized spacial score (nSPS) is 22.9. The van der Waals surface area contributed by atoms with Crippen LogP contribution in [0.3, 0.4) is 0 Å². The van der Waals surface area contributed by atoms with Gasteiger partial charge in [-0.15, -0.1) is 11.3 Å². The Hall–Kier alpha value is -2.20. The molecule has 0 N–H and O–H groups in total. The molecule has 2 aliphatic heterocycles. The van der Waals surface area contributed by atoms with E-state index in [1.165, 1.54) is 11.9 Å². The molecule has 0 radical (unpaired) electrons. The fourth-order valence-electron chi connectivity index (χ4n) is 5.70. The van der Waals surface area contributed by atoms with Crippen LogP contribution in [0.1, 0.15) is 43.2 Å². The Morgan fingerprint density at radius 2 is 1.94 bits per heavy atom. The molecule has 3 aromatic rings. The highest BCUT2D eigenvalue weighted by atomic mass is 32.1. The SMILES string of the molecule is CC(C)C(c1cnn(C)c1)N1CC[C@@]2(CCN(c3ncnc4sc(CC(F)(F)F)cc34)C2)C1. The van der Waals surface area contributed by atoms with Crippen LogP contribution in [0.5, 0.6) is 0 Å². The number of aryl methyl sites for hydroxylation is 1. The number of hydrogen-bond acceptors (Lipinski definition) is 6. The number of thiophene rings is 1. The Balaban J connectivity index is 1.35. The standard InChI is InChI=1S/C23H29F3N6S/c1-15(2)19(16-10-29-30(3)11-16)31-6-4-22(12-31)5-7-32(13-22)20-18-8-17(9-23(24,25)26)33-21(18)28-14-27-20/h8,10-11,14-15,19H,4-7,9,12-13H2,1-3H3/t19?,22-/m1/s1. The summed E-state index contributed by atoms with van der Waals surface area (Å²) < 4.78 is 40.6. The van der Waals surface area contributed by atoms with Crippen LogP contribution in [0.25, 0.3) is 10.2 Å². The number of alkyl halides is 3. The third-order valence-corrected chi connectivity index (χ3v) is 8.07. The van der Waals surface area contributed by atoms with Crippen molar-refractivity contribution in [1.82, 2.24) is 24.6 Å². The van der Waals surface area contributed by atoms with Gasteiger partial charge < -0.3 is 4.90 Å². The molecule has 2 fully saturated rings. The van der Waals surface area contributed by atoms with Gasteiger partial charge in [0.25, 0.3) is 0 Å². The molecule has 0 amide bonds. The Labute approximate surface area is 195 Å². The second-order valence-corrected chi connectivity index (χ2v) is 11.1. The molecule has 33 heavy (non-hydrogen) atoms. The molecule has 0 saturated carbocycles. The Kier molecular flexibility index (Phi) is 5.63. The lowest BCUT2D eigenvalue weighted by atomic mass is 9.86. The van der Waals surface area contributed by atoms with E-state index >= 15 is 0 Å². The molecule has 2 aliphatic rings. The van der Waals surface area contributed by atoms with Crippen molar-refractivity contribution in [1.29, 1.82) is 0 Å². The van der Waals surface area contributed by atoms with Crippen molar-refractivity contribution in [3.63, 3.8) is 0 Å². The van der Waals surface area contributed by atoms with Gasteiger partial charge in [0.1, 0.15) is 17.0 Å². The van der Waals surface area contributed by atoms with Gasteiger partial charge in [0, 0.05) is 54.8 Å². The molecule has 2 atom stereocenters. The van der Waals surface area contributed by atoms with Gasteiger partial charge in [-0.05, 0) is 31.4 Å². The van der Waals surface area contributed by atoms with Gasteiger partial charge in [0.05, 0.1) is 18.0 Å². The number of anilines is 1. The van der Waals surface area contributed by atoms with Crippen LogP contribution in [-0.4, -0.2) is 57.0 Å². The summed E-state index contributed by atoms with van der Waals surface area (Å²) in [5, 5.41) is 5.12. The zero-order chi connectivity index (χ0) is 23.4. The molecule has 10 heteroatoms. The van der Waals surface area contributed by atoms with Gasteiger partial charge in [0.15, 0.2) is 0 Å². The Bertz CT molecular complexity index is 1140. The molecule has 0 aromatic carbocycles. The number of halogens is 3. The first-order valence-electron chi connectivity index (χ1n) is 11.4. The third-order valence-electron chi connectivity index (χ3n) is 7.03. The summed E-state index contributed by atoms with van der Waals surface area (Å²) in [6.45, 7) is 8.31. The van der Waals surface area contributed by atoms with Gasteiger partial charge in [-0.1, -0.05) is 13.8 Å². The highest BCUT2D eigenvalue weighted by Crippen LogP contribution is 2.45. The lowest BCUT2D eigenvalue weighted by Crippen LogP contribution is -2.34. The van der Waals surface area contributed by atoms with Crippen molar-refractivity contribution in [3.05, 3.63) is 35.2 Å². The van der Waals surface area contributed by atoms with Crippen molar-refractivity contribution in [2.24, 2.45) is 18.4 Å². The van der Waals surface area contributed by atoms with Crippen molar-refractivity contribution < 1.29 is 13.2 Å². The fraction of sp³-hybridized carbons (Fsp3) is 0.609. The second-order valence-electron chi connectivity index (χ2n) is 9.95. The monoisotopic (exact) mass is 478 g/mol. The molecule has 1 unspecified atom stereocenters. The zero-order valence-corrected chi connectivity index (χ0v) is 20.0. The molecule has 178 valence electrons. The summed E-state index contributed by atoms with van der Waals surface area (Å²) in [4.78, 5) is 14.5. The average molecular weight is 479 g/mol. The van der Waals surface area contributed by atoms with Crippen LogP contribution in [-0.2, 0) is 13.5 Å². The minimum absolute atomic E-state index is 0.178. The number of aromatic nitrogens is 4. The van der Waals surface area contributed by atoms with Crippen LogP contribution < -0.4 is 4.90 Å². The van der Waals surface area contributed by atoms with E-state index in [2.05, 4.69) is 44.9 Å². The molecule has 5 heterocycles. The van der Waals surface area contributed by atoms with E-state index in [0.717, 1.165) is 61.6 Å². The molecule has 2 saturated heterocycles. The predicted molar refractivity (Wildman–Crippen MR) is 123 cm³/mol. The van der Waals surface area contributed by atoms with Crippen molar-refractivity contribution >= 4 is 27.4 Å². The summed E-state index contributed by atoms with van der Waals surface area (Å²) in [6, 6.07) is 1.96. The van der Waals surface area contributed by atoms with E-state index in [4.69, 9.17) is 0 Å². The quantitative estimate of drug-likeness (QED) is 0.526. The van der Waals surface area contributed by atoms with Crippen molar-refractivity contribution in [2.45, 2.75) is 45.3 Å². The van der Waals surface area contributed by atoms with E-state index in [1.54, 1.807) is 6.07 Å². The molecule has 0 bridgehead atoms. The van der Waals surface area contributed by atoms with E-state index in [0.29, 0.717) is 16.8 Å². The summed E-state index contributed by atoms with van der Waals surface area (Å²) in [5.74, 6) is 1.24. The van der Waals surface area contributed by atoms with E-state index in [9.17, 15) is 13.2 Å². The molecule has 5 rings (SSSR count). The lowest BCUT2D eigenvalue weighted by Gasteiger charge is -2.32. The van der Waals surface area contributed by atoms with Crippen LogP contribution >= 0.6 is 11.3 Å². The van der Waals surface area contributed by atoms with Crippen molar-refractivity contribution in [2.75, 3.05) is 31.1 Å². The minimum atomic E-state index is -4.22. The van der Waals surface area contributed by atoms with Crippen LogP contribution in [0.4, 0.5) is 19.0 Å². The number of likely N-dealkylation sites (tertiary alicyclic amines) is 1. The Morgan fingerprint density at radius 1 is 1.15 bits per heavy atom. The number of hydrogen-bond donors (Lipinski definition) is 0. The van der Waals surface area contributed by atoms with Gasteiger partial charge in [-0.3, -0.25) is 9.58 Å². The highest BCUT2D eigenvalue weighted by Gasteiger charge is 2.46. The molecular formula is C23H29F3N6S. The molecule has 1 spiro atoms. The van der Waals surface area contributed by atoms with Gasteiger partial charge >= 0.3 is 6.18 Å². The molecule has 6 nitrogen and oxygen atoms in total. The number of fused-ring (bicyclic) bond motifs is 1. The Morgan fingerprint density at radius 3 is 2.64 bits per heavy atom. The van der Waals surface area contributed by atoms with E-state index in [1.807, 2.05) is 17.9 Å². The fourth-order valence-corrected chi connectivity index (χ4v) is 6.72. The van der Waals surface area contributed by atoms with Crippen LogP contribution in [0, 0.1) is 11.3 Å². The topological polar surface area (TPSA) is 50.1 Å². The maximum absolute atomic E-state index is 12.9. The van der Waals surface area contributed by atoms with E-state index in [-0.39, 0.29) is 10.3 Å². The highest BCUT2D eigenvalue weighted by molar-refractivity contribution is 7.18. The smallest absolute Gasteiger partial charge is 0.355 e. The average Bonchev–Trinajstić information content (AvgIpc) is 3.49. The maximum Gasteiger partial charge on any atom is 0.393 e. The zero-order valence-electron chi connectivity index (χ0n) is 19.1. The summed E-state index contributed by atoms with van der Waals surface area (Å²) in [7, 11) is 1.95. The first kappa shape index (κ1) is 22.6. The third kappa shape index (κ3) is 4.47. The largest absolute Gasteiger partial charge is 0.393 e. The second kappa shape index (κ2) is 8.23. The van der Waals surface area contributed by atoms with E-state index < -0.39 is 12.6 Å². The lowest BCUT2D eigenvalue weighted by molar-refractivity contribution is -0.126. The van der Waals surface area contributed by atoms with Crippen molar-refractivity contribution in [3.8, 4) is 0 Å². The van der Waals surface area contributed by atoms with Gasteiger partial charge in [0.2, 0.25) is 0 Å². The van der Waals surface area contributed by atoms with Gasteiger partial charge in [-0.2, -0.15) is 18.3 Å². The van der Waals surface area contributed by atoms with Crippen LogP contribution in [0.2, 0.25) is 0 Å². The van der Waals surface area contributed by atoms with Gasteiger partial charge in [-0.25, -0.2) is 9.97 Å². The van der Waals surface area contributed by atoms with Crippen LogP contribution in [0.15, 0.2) is 24.8 Å². The minimum Gasteiger partial charge on any atom is -0.355 e. The first-order chi connectivity index (χ1) is 15.6. The maximum atomic E-state index is 12.9. The summed E-state index contributed by atoms with van der Waals surface area (Å²) >= 11 is 1.11. The molecule has 3 aromatic heterocycles. The molecular weight excluding hydrogens is 449 g/mol. The summed E-state index contributed by atoms with van der Waals surface area (Å²) in [5.41, 5.74) is 1.43. The molecule has 0 aliphatic carbocycles. The number of nitrogens with zero attached hydrogens (tertiary/aromatic N) is 6. The predicted octanol–water partition coefficient (Wildman–Crippen LogP) is 4.83. The summed E-state index contributed by atoms with van der Waals surface area (Å²) in [6.07, 6.45) is 2.61. The first-order valence-corrected chi connectivity index (χ1v) is 12.2.